The predicted molar refractivity (Wildman–Crippen MR) is 159 cm³/mol. The average molecular weight is 592 g/mol. The fourth-order valence-electron chi connectivity index (χ4n) is 4.20. The number of nitrogens with zero attached hydrogens (tertiary/aromatic N) is 2. The van der Waals surface area contributed by atoms with Crippen LogP contribution in [0, 0.1) is 0 Å². The molecule has 0 fully saturated rings. The van der Waals surface area contributed by atoms with Gasteiger partial charge < -0.3 is 19.5 Å². The third-order valence-corrected chi connectivity index (χ3v) is 8.34. The number of hydrogen-bond donors (Lipinski definition) is 2. The number of ketones is 1. The van der Waals surface area contributed by atoms with Gasteiger partial charge in [-0.15, -0.1) is 4.41 Å². The van der Waals surface area contributed by atoms with Crippen LogP contribution in [0.3, 0.4) is 0 Å². The zero-order valence-corrected chi connectivity index (χ0v) is 26.1. The first-order valence-electron chi connectivity index (χ1n) is 13.9. The zero-order valence-electron chi connectivity index (χ0n) is 25.3. The summed E-state index contributed by atoms with van der Waals surface area (Å²) in [6, 6.07) is 9.79. The lowest BCUT2D eigenvalue weighted by molar-refractivity contribution is 0.0249. The van der Waals surface area contributed by atoms with Gasteiger partial charge in [-0.25, -0.2) is 13.2 Å². The first-order valence-corrected chi connectivity index (χ1v) is 15.3. The van der Waals surface area contributed by atoms with Gasteiger partial charge in [0.15, 0.2) is 5.78 Å². The van der Waals surface area contributed by atoms with Crippen molar-refractivity contribution in [2.24, 2.45) is 5.84 Å². The largest absolute Gasteiger partial charge is 0.506 e. The Bertz CT molecular complexity index is 1300. The number of rotatable bonds is 14. The minimum Gasteiger partial charge on any atom is -0.506 e. The highest BCUT2D eigenvalue weighted by molar-refractivity contribution is 7.89. The average Bonchev–Trinajstić information content (AvgIpc) is 2.90. The van der Waals surface area contributed by atoms with Gasteiger partial charge in [-0.2, -0.15) is 0 Å². The van der Waals surface area contributed by atoms with Crippen molar-refractivity contribution in [3.05, 3.63) is 53.1 Å². The van der Waals surface area contributed by atoms with Gasteiger partial charge in [0.1, 0.15) is 22.0 Å². The highest BCUT2D eigenvalue weighted by Crippen LogP contribution is 2.32. The van der Waals surface area contributed by atoms with Crippen LogP contribution in [0.15, 0.2) is 41.3 Å². The number of amides is 1. The molecule has 0 heterocycles. The molecule has 2 rings (SSSR count). The number of hydrogen-bond acceptors (Lipinski definition) is 8. The molecule has 2 aromatic rings. The van der Waals surface area contributed by atoms with Gasteiger partial charge in [-0.3, -0.25) is 10.6 Å². The first-order chi connectivity index (χ1) is 19.1. The van der Waals surface area contributed by atoms with Gasteiger partial charge in [0.2, 0.25) is 0 Å². The molecule has 0 aliphatic rings. The summed E-state index contributed by atoms with van der Waals surface area (Å²) in [4.78, 5) is 27.3. The van der Waals surface area contributed by atoms with Gasteiger partial charge >= 0.3 is 6.09 Å². The lowest BCUT2D eigenvalue weighted by Crippen LogP contribution is -2.42. The molecule has 0 saturated carbocycles. The van der Waals surface area contributed by atoms with Crippen molar-refractivity contribution in [3.63, 3.8) is 0 Å². The smallest absolute Gasteiger partial charge is 0.410 e. The number of sulfonamides is 1. The Morgan fingerprint density at radius 3 is 2.29 bits per heavy atom. The number of phenolic OH excluding ortho intramolecular Hbond substituents is 1. The van der Waals surface area contributed by atoms with Crippen LogP contribution in [0.1, 0.15) is 82.3 Å². The number of carbonyl (C=O) groups is 2. The molecule has 10 nitrogen and oxygen atoms in total. The zero-order chi connectivity index (χ0) is 31.0. The summed E-state index contributed by atoms with van der Waals surface area (Å²) in [6.45, 7) is 11.2. The highest BCUT2D eigenvalue weighted by Gasteiger charge is 2.29. The number of phenols is 1. The maximum absolute atomic E-state index is 13.1. The summed E-state index contributed by atoms with van der Waals surface area (Å²) in [6.07, 6.45) is 1.60. The van der Waals surface area contributed by atoms with Crippen LogP contribution in [0.2, 0.25) is 0 Å². The molecule has 11 heteroatoms. The highest BCUT2D eigenvalue weighted by atomic mass is 32.2. The summed E-state index contributed by atoms with van der Waals surface area (Å²) in [7, 11) is -2.61. The van der Waals surface area contributed by atoms with Crippen LogP contribution in [0.4, 0.5) is 4.79 Å². The molecule has 0 radical (unpaired) electrons. The van der Waals surface area contributed by atoms with Crippen LogP contribution in [-0.2, 0) is 27.6 Å². The molecular weight excluding hydrogens is 546 g/mol. The van der Waals surface area contributed by atoms with E-state index < -0.39 is 33.5 Å². The molecule has 0 aliphatic carbocycles. The van der Waals surface area contributed by atoms with Crippen molar-refractivity contribution < 1.29 is 32.6 Å². The van der Waals surface area contributed by atoms with Crippen molar-refractivity contribution >= 4 is 21.9 Å². The van der Waals surface area contributed by atoms with Gasteiger partial charge in [0.05, 0.1) is 7.11 Å². The van der Waals surface area contributed by atoms with E-state index in [0.29, 0.717) is 48.8 Å². The molecule has 1 amide bonds. The molecular formula is C30H45N3O7S. The fraction of sp³-hybridized carbons (Fsp3) is 0.533. The Hall–Kier alpha value is -3.15. The van der Waals surface area contributed by atoms with Crippen LogP contribution < -0.4 is 10.6 Å². The lowest BCUT2D eigenvalue weighted by atomic mass is 10.0. The monoisotopic (exact) mass is 591 g/mol. The molecule has 3 N–H and O–H groups in total. The predicted octanol–water partition coefficient (Wildman–Crippen LogP) is 5.07. The standard InChI is InChI=1S/C30H45N3O7S/c1-8-22-19-24(20-27(28(22)35)41(37,38)33(31)21(2)3)25(34)14-11-12-17-32(29(36)40-30(4,5)6)18-16-23-13-9-10-15-26(23)39-7/h9-10,13,15,19-21,35H,8,11-12,14,16-18,31H2,1-7H3. The van der Waals surface area contributed by atoms with Gasteiger partial charge in [-0.1, -0.05) is 25.1 Å². The number of Topliss-reactive ketones (excluding diaryl/α,β-unsaturated/α-hetero) is 1. The minimum absolute atomic E-state index is 0.138. The van der Waals surface area contributed by atoms with Crippen molar-refractivity contribution in [2.75, 3.05) is 20.2 Å². The Kier molecular flexibility index (Phi) is 12.2. The SMILES string of the molecule is CCc1cc(C(=O)CCCCN(CCc2ccccc2OC)C(=O)OC(C)(C)C)cc(S(=O)(=O)N(N)C(C)C)c1O. The number of aromatic hydroxyl groups is 1. The number of carbonyl (C=O) groups excluding carboxylic acids is 2. The van der Waals surface area contributed by atoms with E-state index in [4.69, 9.17) is 15.3 Å². The van der Waals surface area contributed by atoms with Crippen molar-refractivity contribution in [1.29, 1.82) is 0 Å². The Morgan fingerprint density at radius 1 is 1.05 bits per heavy atom. The number of para-hydroxylation sites is 1. The second kappa shape index (κ2) is 14.7. The quantitative estimate of drug-likeness (QED) is 0.134. The number of ether oxygens (including phenoxy) is 2. The number of unbranched alkanes of at least 4 members (excludes halogenated alkanes) is 1. The number of nitrogens with two attached hydrogens (primary N) is 1. The molecule has 0 spiro atoms. The fourth-order valence-corrected chi connectivity index (χ4v) is 5.64. The maximum atomic E-state index is 13.1. The Morgan fingerprint density at radius 2 is 1.71 bits per heavy atom. The minimum atomic E-state index is -4.21. The van der Waals surface area contributed by atoms with Crippen LogP contribution in [-0.4, -0.2) is 66.6 Å². The Labute approximate surface area is 244 Å². The van der Waals surface area contributed by atoms with E-state index in [1.807, 2.05) is 45.0 Å². The molecule has 0 aliphatic heterocycles. The third kappa shape index (κ3) is 9.44. The summed E-state index contributed by atoms with van der Waals surface area (Å²) in [5.74, 6) is 5.86. The van der Waals surface area contributed by atoms with E-state index in [9.17, 15) is 23.1 Å². The molecule has 0 aromatic heterocycles. The third-order valence-electron chi connectivity index (χ3n) is 6.50. The van der Waals surface area contributed by atoms with Gasteiger partial charge in [0.25, 0.3) is 10.0 Å². The van der Waals surface area contributed by atoms with Crippen LogP contribution in [0.5, 0.6) is 11.5 Å². The van der Waals surface area contributed by atoms with E-state index in [0.717, 1.165) is 11.3 Å². The van der Waals surface area contributed by atoms with E-state index in [2.05, 4.69) is 0 Å². The van der Waals surface area contributed by atoms with Crippen molar-refractivity contribution in [1.82, 2.24) is 9.31 Å². The van der Waals surface area contributed by atoms with E-state index in [-0.39, 0.29) is 22.7 Å². The van der Waals surface area contributed by atoms with E-state index >= 15 is 0 Å². The molecule has 41 heavy (non-hydrogen) atoms. The Balaban J connectivity index is 2.14. The first kappa shape index (κ1) is 34.1. The molecule has 0 unspecified atom stereocenters. The van der Waals surface area contributed by atoms with Gasteiger partial charge in [0, 0.05) is 31.1 Å². The summed E-state index contributed by atoms with van der Waals surface area (Å²) in [5.41, 5.74) is 0.852. The van der Waals surface area contributed by atoms with E-state index in [1.54, 1.807) is 32.8 Å². The molecule has 0 atom stereocenters. The second-order valence-electron chi connectivity index (χ2n) is 11.2. The molecule has 0 saturated heterocycles. The summed E-state index contributed by atoms with van der Waals surface area (Å²) in [5, 5.41) is 10.6. The molecule has 0 bridgehead atoms. The topological polar surface area (TPSA) is 139 Å². The van der Waals surface area contributed by atoms with Crippen molar-refractivity contribution in [2.45, 2.75) is 90.2 Å². The molecule has 228 valence electrons. The number of hydrazine groups is 1. The summed E-state index contributed by atoms with van der Waals surface area (Å²) >= 11 is 0. The van der Waals surface area contributed by atoms with E-state index in [1.165, 1.54) is 12.1 Å². The summed E-state index contributed by atoms with van der Waals surface area (Å²) < 4.78 is 37.7. The maximum Gasteiger partial charge on any atom is 0.410 e. The van der Waals surface area contributed by atoms with Crippen LogP contribution >= 0.6 is 0 Å². The van der Waals surface area contributed by atoms with Gasteiger partial charge in [-0.05, 0) is 89.6 Å². The van der Waals surface area contributed by atoms with Crippen molar-refractivity contribution in [3.8, 4) is 11.5 Å². The normalized spacial score (nSPS) is 12.0. The molecule has 2 aromatic carbocycles. The second-order valence-corrected chi connectivity index (χ2v) is 13.0. The van der Waals surface area contributed by atoms with Crippen LogP contribution in [0.25, 0.3) is 0 Å². The number of benzene rings is 2. The number of aryl methyl sites for hydroxylation is 1. The lowest BCUT2D eigenvalue weighted by Gasteiger charge is -2.27. The number of methoxy groups -OCH3 is 1.